The van der Waals surface area contributed by atoms with E-state index in [0.29, 0.717) is 24.6 Å². The van der Waals surface area contributed by atoms with Crippen LogP contribution in [0.3, 0.4) is 0 Å². The van der Waals surface area contributed by atoms with Crippen molar-refractivity contribution in [2.75, 3.05) is 13.2 Å². The lowest BCUT2D eigenvalue weighted by molar-refractivity contribution is 0.0278. The summed E-state index contributed by atoms with van der Waals surface area (Å²) in [5.41, 5.74) is 1.65. The van der Waals surface area contributed by atoms with Crippen molar-refractivity contribution in [1.82, 2.24) is 14.8 Å². The summed E-state index contributed by atoms with van der Waals surface area (Å²) in [7, 11) is 0. The van der Waals surface area contributed by atoms with E-state index in [9.17, 15) is 4.79 Å². The van der Waals surface area contributed by atoms with Crippen LogP contribution in [0.2, 0.25) is 0 Å². The van der Waals surface area contributed by atoms with Gasteiger partial charge in [-0.05, 0) is 32.9 Å². The zero-order chi connectivity index (χ0) is 15.9. The van der Waals surface area contributed by atoms with Crippen molar-refractivity contribution in [3.8, 4) is 0 Å². The molecule has 2 rings (SSSR count). The Morgan fingerprint density at radius 2 is 1.91 bits per heavy atom. The number of hydrogen-bond acceptors (Lipinski definition) is 5. The van der Waals surface area contributed by atoms with Crippen LogP contribution < -0.4 is 0 Å². The predicted octanol–water partition coefficient (Wildman–Crippen LogP) is 2.29. The number of aromatic nitrogens is 3. The number of esters is 1. The fraction of sp³-hybridized carbons (Fsp3) is 0.438. The SMILES string of the molecule is CCn1nc(COCCOC(=O)c2ccc(C)cc2)nc1C. The molecule has 118 valence electrons. The molecule has 0 atom stereocenters. The summed E-state index contributed by atoms with van der Waals surface area (Å²) in [4.78, 5) is 16.1. The van der Waals surface area contributed by atoms with Gasteiger partial charge in [-0.15, -0.1) is 0 Å². The van der Waals surface area contributed by atoms with E-state index >= 15 is 0 Å². The molecule has 22 heavy (non-hydrogen) atoms. The molecule has 0 saturated carbocycles. The van der Waals surface area contributed by atoms with Crippen LogP contribution in [0.4, 0.5) is 0 Å². The second-order valence-electron chi connectivity index (χ2n) is 4.95. The van der Waals surface area contributed by atoms with Crippen LogP contribution in [0.5, 0.6) is 0 Å². The van der Waals surface area contributed by atoms with Crippen LogP contribution in [0.1, 0.15) is 34.5 Å². The first-order chi connectivity index (χ1) is 10.6. The molecule has 0 aliphatic carbocycles. The summed E-state index contributed by atoms with van der Waals surface area (Å²) in [6, 6.07) is 7.27. The van der Waals surface area contributed by atoms with E-state index in [2.05, 4.69) is 10.1 Å². The summed E-state index contributed by atoms with van der Waals surface area (Å²) in [5.74, 6) is 1.17. The van der Waals surface area contributed by atoms with Gasteiger partial charge < -0.3 is 9.47 Å². The largest absolute Gasteiger partial charge is 0.460 e. The van der Waals surface area contributed by atoms with Gasteiger partial charge in [0.25, 0.3) is 0 Å². The lowest BCUT2D eigenvalue weighted by atomic mass is 10.1. The maximum absolute atomic E-state index is 11.8. The van der Waals surface area contributed by atoms with E-state index in [0.717, 1.165) is 17.9 Å². The highest BCUT2D eigenvalue weighted by molar-refractivity contribution is 5.89. The summed E-state index contributed by atoms with van der Waals surface area (Å²) in [6.45, 7) is 7.51. The highest BCUT2D eigenvalue weighted by Gasteiger charge is 2.07. The third-order valence-electron chi connectivity index (χ3n) is 3.18. The normalized spacial score (nSPS) is 10.7. The summed E-state index contributed by atoms with van der Waals surface area (Å²) >= 11 is 0. The quantitative estimate of drug-likeness (QED) is 0.580. The molecule has 1 aromatic heterocycles. The van der Waals surface area contributed by atoms with Crippen LogP contribution in [0, 0.1) is 13.8 Å². The van der Waals surface area contributed by atoms with Gasteiger partial charge in [0.1, 0.15) is 19.0 Å². The number of aryl methyl sites for hydroxylation is 3. The lowest BCUT2D eigenvalue weighted by Crippen LogP contribution is -2.11. The first-order valence-corrected chi connectivity index (χ1v) is 7.32. The lowest BCUT2D eigenvalue weighted by Gasteiger charge is -2.05. The topological polar surface area (TPSA) is 66.2 Å². The molecular formula is C16H21N3O3. The molecule has 0 fully saturated rings. The van der Waals surface area contributed by atoms with E-state index in [4.69, 9.17) is 9.47 Å². The number of nitrogens with zero attached hydrogens (tertiary/aromatic N) is 3. The first kappa shape index (κ1) is 16.2. The molecule has 6 nitrogen and oxygen atoms in total. The minimum atomic E-state index is -0.340. The van der Waals surface area contributed by atoms with Crippen molar-refractivity contribution in [1.29, 1.82) is 0 Å². The van der Waals surface area contributed by atoms with Gasteiger partial charge in [0.2, 0.25) is 0 Å². The van der Waals surface area contributed by atoms with Gasteiger partial charge in [-0.25, -0.2) is 9.78 Å². The fourth-order valence-electron chi connectivity index (χ4n) is 1.97. The molecule has 0 aliphatic heterocycles. The maximum Gasteiger partial charge on any atom is 0.338 e. The van der Waals surface area contributed by atoms with E-state index in [1.807, 2.05) is 37.6 Å². The van der Waals surface area contributed by atoms with Gasteiger partial charge in [0, 0.05) is 6.54 Å². The monoisotopic (exact) mass is 303 g/mol. The summed E-state index contributed by atoms with van der Waals surface area (Å²) in [5, 5.41) is 4.29. The molecular weight excluding hydrogens is 282 g/mol. The Bertz CT molecular complexity index is 620. The molecule has 6 heteroatoms. The highest BCUT2D eigenvalue weighted by atomic mass is 16.6. The smallest absolute Gasteiger partial charge is 0.338 e. The number of rotatable bonds is 7. The van der Waals surface area contributed by atoms with E-state index < -0.39 is 0 Å². The van der Waals surface area contributed by atoms with Crippen molar-refractivity contribution >= 4 is 5.97 Å². The van der Waals surface area contributed by atoms with Crippen molar-refractivity contribution in [2.24, 2.45) is 0 Å². The molecule has 0 saturated heterocycles. The van der Waals surface area contributed by atoms with E-state index in [-0.39, 0.29) is 12.6 Å². The zero-order valence-corrected chi connectivity index (χ0v) is 13.2. The van der Waals surface area contributed by atoms with Crippen molar-refractivity contribution in [3.63, 3.8) is 0 Å². The number of carbonyl (C=O) groups is 1. The second-order valence-corrected chi connectivity index (χ2v) is 4.95. The molecule has 0 amide bonds. The number of ether oxygens (including phenoxy) is 2. The second kappa shape index (κ2) is 7.70. The van der Waals surface area contributed by atoms with Crippen molar-refractivity contribution < 1.29 is 14.3 Å². The zero-order valence-electron chi connectivity index (χ0n) is 13.2. The Kier molecular flexibility index (Phi) is 5.66. The molecule has 0 N–H and O–H groups in total. The predicted molar refractivity (Wildman–Crippen MR) is 81.6 cm³/mol. The third kappa shape index (κ3) is 4.39. The number of benzene rings is 1. The van der Waals surface area contributed by atoms with Crippen LogP contribution in [-0.2, 0) is 22.6 Å². The Morgan fingerprint density at radius 1 is 1.18 bits per heavy atom. The Labute approximate surface area is 130 Å². The van der Waals surface area contributed by atoms with Crippen LogP contribution >= 0.6 is 0 Å². The molecule has 1 aromatic carbocycles. The van der Waals surface area contributed by atoms with Crippen LogP contribution in [0.15, 0.2) is 24.3 Å². The molecule has 0 radical (unpaired) electrons. The van der Waals surface area contributed by atoms with Gasteiger partial charge in [0.05, 0.1) is 12.2 Å². The van der Waals surface area contributed by atoms with Crippen molar-refractivity contribution in [3.05, 3.63) is 47.0 Å². The standard InChI is InChI=1S/C16H21N3O3/c1-4-19-13(3)17-15(18-19)11-21-9-10-22-16(20)14-7-5-12(2)6-8-14/h5-8H,4,9-11H2,1-3H3. The molecule has 0 aliphatic rings. The third-order valence-corrected chi connectivity index (χ3v) is 3.18. The van der Waals surface area contributed by atoms with Gasteiger partial charge >= 0.3 is 5.97 Å². The molecule has 0 bridgehead atoms. The van der Waals surface area contributed by atoms with Gasteiger partial charge in [-0.1, -0.05) is 17.7 Å². The van der Waals surface area contributed by atoms with Crippen LogP contribution in [0.25, 0.3) is 0 Å². The molecule has 0 spiro atoms. The average Bonchev–Trinajstić information content (AvgIpc) is 2.87. The van der Waals surface area contributed by atoms with Crippen LogP contribution in [-0.4, -0.2) is 33.9 Å². The Hall–Kier alpha value is -2.21. The Morgan fingerprint density at radius 3 is 2.55 bits per heavy atom. The molecule has 2 aromatic rings. The average molecular weight is 303 g/mol. The van der Waals surface area contributed by atoms with Gasteiger partial charge in [-0.3, -0.25) is 4.68 Å². The molecule has 0 unspecified atom stereocenters. The maximum atomic E-state index is 11.8. The van der Waals surface area contributed by atoms with Crippen molar-refractivity contribution in [2.45, 2.75) is 33.9 Å². The summed E-state index contributed by atoms with van der Waals surface area (Å²) in [6.07, 6.45) is 0. The fourth-order valence-corrected chi connectivity index (χ4v) is 1.97. The first-order valence-electron chi connectivity index (χ1n) is 7.32. The summed E-state index contributed by atoms with van der Waals surface area (Å²) < 4.78 is 12.4. The number of carbonyl (C=O) groups excluding carboxylic acids is 1. The highest BCUT2D eigenvalue weighted by Crippen LogP contribution is 2.05. The molecule has 1 heterocycles. The van der Waals surface area contributed by atoms with E-state index in [1.54, 1.807) is 12.1 Å². The van der Waals surface area contributed by atoms with E-state index in [1.165, 1.54) is 0 Å². The minimum absolute atomic E-state index is 0.209. The number of hydrogen-bond donors (Lipinski definition) is 0. The van der Waals surface area contributed by atoms with Gasteiger partial charge in [0.15, 0.2) is 5.82 Å². The van der Waals surface area contributed by atoms with Gasteiger partial charge in [-0.2, -0.15) is 5.10 Å². The minimum Gasteiger partial charge on any atom is -0.460 e. The Balaban J connectivity index is 1.68.